The summed E-state index contributed by atoms with van der Waals surface area (Å²) in [5.74, 6) is 1.48. The van der Waals surface area contributed by atoms with Gasteiger partial charge in [-0.25, -0.2) is 8.42 Å². The van der Waals surface area contributed by atoms with Gasteiger partial charge in [0.1, 0.15) is 0 Å². The average Bonchev–Trinajstić information content (AvgIpc) is 2.40. The molecule has 1 aromatic rings. The number of halogens is 1. The largest absolute Gasteiger partial charge is 0.310 e. The molecule has 5 heteroatoms. The van der Waals surface area contributed by atoms with Gasteiger partial charge in [0.15, 0.2) is 9.84 Å². The first-order valence-electron chi connectivity index (χ1n) is 7.50. The van der Waals surface area contributed by atoms with Crippen molar-refractivity contribution in [3.63, 3.8) is 0 Å². The molecule has 0 heterocycles. The second kappa shape index (κ2) is 6.67. The van der Waals surface area contributed by atoms with Gasteiger partial charge in [0.2, 0.25) is 0 Å². The highest BCUT2D eigenvalue weighted by Crippen LogP contribution is 2.30. The Bertz CT molecular complexity index is 600. The Morgan fingerprint density at radius 3 is 2.57 bits per heavy atom. The third-order valence-electron chi connectivity index (χ3n) is 4.64. The predicted molar refractivity (Wildman–Crippen MR) is 87.4 cm³/mol. The number of benzene rings is 1. The zero-order valence-electron chi connectivity index (χ0n) is 12.9. The van der Waals surface area contributed by atoms with Crippen LogP contribution in [0.5, 0.6) is 0 Å². The van der Waals surface area contributed by atoms with E-state index in [4.69, 9.17) is 11.6 Å². The minimum Gasteiger partial charge on any atom is -0.310 e. The van der Waals surface area contributed by atoms with E-state index < -0.39 is 9.84 Å². The van der Waals surface area contributed by atoms with Crippen molar-refractivity contribution in [1.82, 2.24) is 5.32 Å². The number of nitrogens with one attached hydrogen (secondary N) is 1. The lowest BCUT2D eigenvalue weighted by Gasteiger charge is -2.32. The van der Waals surface area contributed by atoms with Crippen molar-refractivity contribution >= 4 is 21.4 Å². The molecule has 1 aromatic carbocycles. The van der Waals surface area contributed by atoms with Gasteiger partial charge in [-0.1, -0.05) is 31.5 Å². The number of hydrogen-bond acceptors (Lipinski definition) is 3. The third-order valence-corrected chi connectivity index (χ3v) is 6.18. The molecule has 0 radical (unpaired) electrons. The van der Waals surface area contributed by atoms with Gasteiger partial charge in [-0.05, 0) is 43.2 Å². The summed E-state index contributed by atoms with van der Waals surface area (Å²) in [7, 11) is -3.25. The maximum Gasteiger partial charge on any atom is 0.175 e. The molecular weight excluding hydrogens is 306 g/mol. The molecule has 0 aromatic heterocycles. The maximum atomic E-state index is 11.9. The van der Waals surface area contributed by atoms with E-state index >= 15 is 0 Å². The van der Waals surface area contributed by atoms with Gasteiger partial charge in [-0.2, -0.15) is 0 Å². The summed E-state index contributed by atoms with van der Waals surface area (Å²) in [6.07, 6.45) is 4.73. The summed E-state index contributed by atoms with van der Waals surface area (Å²) in [6, 6.07) is 5.51. The maximum absolute atomic E-state index is 11.9. The van der Waals surface area contributed by atoms with E-state index in [1.54, 1.807) is 18.2 Å². The van der Waals surface area contributed by atoms with Crippen LogP contribution >= 0.6 is 11.6 Å². The van der Waals surface area contributed by atoms with Gasteiger partial charge in [0, 0.05) is 29.4 Å². The van der Waals surface area contributed by atoms with Gasteiger partial charge in [-0.15, -0.1) is 0 Å². The lowest BCUT2D eigenvalue weighted by molar-refractivity contribution is 0.225. The molecule has 1 N–H and O–H groups in total. The summed E-state index contributed by atoms with van der Waals surface area (Å²) in [4.78, 5) is 0.333. The molecule has 118 valence electrons. The molecule has 1 saturated carbocycles. The van der Waals surface area contributed by atoms with Gasteiger partial charge in [-0.3, -0.25) is 0 Å². The van der Waals surface area contributed by atoms with Gasteiger partial charge in [0.05, 0.1) is 4.90 Å². The van der Waals surface area contributed by atoms with Crippen LogP contribution in [0, 0.1) is 11.8 Å². The first-order chi connectivity index (χ1) is 9.79. The Morgan fingerprint density at radius 1 is 1.24 bits per heavy atom. The molecule has 3 unspecified atom stereocenters. The molecule has 1 aliphatic carbocycles. The van der Waals surface area contributed by atoms with E-state index in [1.807, 2.05) is 0 Å². The zero-order chi connectivity index (χ0) is 15.6. The molecule has 0 bridgehead atoms. The first kappa shape index (κ1) is 16.8. The van der Waals surface area contributed by atoms with E-state index in [9.17, 15) is 8.42 Å². The SMILES string of the molecule is CC1CCC(NCc2c(Cl)cccc2S(C)(=O)=O)CC1C. The van der Waals surface area contributed by atoms with E-state index in [0.29, 0.717) is 34.0 Å². The topological polar surface area (TPSA) is 46.2 Å². The molecule has 0 amide bonds. The molecule has 0 spiro atoms. The van der Waals surface area contributed by atoms with Crippen molar-refractivity contribution < 1.29 is 8.42 Å². The summed E-state index contributed by atoms with van der Waals surface area (Å²) >= 11 is 6.20. The fourth-order valence-electron chi connectivity index (χ4n) is 3.04. The monoisotopic (exact) mass is 329 g/mol. The lowest BCUT2D eigenvalue weighted by atomic mass is 9.79. The van der Waals surface area contributed by atoms with Crippen LogP contribution in [0.4, 0.5) is 0 Å². The summed E-state index contributed by atoms with van der Waals surface area (Å²) in [5, 5.41) is 4.01. The van der Waals surface area contributed by atoms with Gasteiger partial charge in [0.25, 0.3) is 0 Å². The molecule has 21 heavy (non-hydrogen) atoms. The third kappa shape index (κ3) is 4.21. The van der Waals surface area contributed by atoms with Crippen LogP contribution in [0.25, 0.3) is 0 Å². The Balaban J connectivity index is 2.10. The highest BCUT2D eigenvalue weighted by molar-refractivity contribution is 7.90. The van der Waals surface area contributed by atoms with Crippen molar-refractivity contribution in [2.24, 2.45) is 11.8 Å². The zero-order valence-corrected chi connectivity index (χ0v) is 14.5. The second-order valence-corrected chi connectivity index (χ2v) is 8.73. The van der Waals surface area contributed by atoms with Crippen LogP contribution in [-0.2, 0) is 16.4 Å². The molecule has 2 rings (SSSR count). The first-order valence-corrected chi connectivity index (χ1v) is 9.76. The molecule has 1 aliphatic rings. The Labute approximate surface area is 133 Å². The van der Waals surface area contributed by atoms with E-state index in [0.717, 1.165) is 18.8 Å². The summed E-state index contributed by atoms with van der Waals surface area (Å²) < 4.78 is 23.7. The molecular formula is C16H24ClNO2S. The van der Waals surface area contributed by atoms with Crippen molar-refractivity contribution in [3.05, 3.63) is 28.8 Å². The fourth-order valence-corrected chi connectivity index (χ4v) is 4.29. The van der Waals surface area contributed by atoms with Crippen LogP contribution in [-0.4, -0.2) is 20.7 Å². The second-order valence-electron chi connectivity index (χ2n) is 6.33. The van der Waals surface area contributed by atoms with Gasteiger partial charge >= 0.3 is 0 Å². The molecule has 1 fully saturated rings. The number of sulfone groups is 1. The highest BCUT2D eigenvalue weighted by atomic mass is 35.5. The summed E-state index contributed by atoms with van der Waals surface area (Å²) in [6.45, 7) is 5.10. The van der Waals surface area contributed by atoms with E-state index in [1.165, 1.54) is 12.7 Å². The standard InChI is InChI=1S/C16H24ClNO2S/c1-11-7-8-13(9-12(11)2)18-10-14-15(17)5-4-6-16(14)21(3,19)20/h4-6,11-13,18H,7-10H2,1-3H3. The molecule has 0 aliphatic heterocycles. The Kier molecular flexibility index (Phi) is 5.33. The average molecular weight is 330 g/mol. The van der Waals surface area contributed by atoms with Crippen LogP contribution < -0.4 is 5.32 Å². The van der Waals surface area contributed by atoms with E-state index in [2.05, 4.69) is 19.2 Å². The summed E-state index contributed by atoms with van der Waals surface area (Å²) in [5.41, 5.74) is 0.688. The highest BCUT2D eigenvalue weighted by Gasteiger charge is 2.25. The van der Waals surface area contributed by atoms with Crippen molar-refractivity contribution in [2.75, 3.05) is 6.26 Å². The number of rotatable bonds is 4. The van der Waals surface area contributed by atoms with Gasteiger partial charge < -0.3 is 5.32 Å². The number of hydrogen-bond donors (Lipinski definition) is 1. The Hall–Kier alpha value is -0.580. The van der Waals surface area contributed by atoms with E-state index in [-0.39, 0.29) is 0 Å². The molecule has 0 saturated heterocycles. The lowest BCUT2D eigenvalue weighted by Crippen LogP contribution is -2.36. The Morgan fingerprint density at radius 2 is 1.95 bits per heavy atom. The predicted octanol–water partition coefficient (Wildman–Crippen LogP) is 3.66. The van der Waals surface area contributed by atoms with Crippen molar-refractivity contribution in [2.45, 2.75) is 50.6 Å². The normalized spacial score (nSPS) is 26.8. The van der Waals surface area contributed by atoms with Crippen LogP contribution in [0.1, 0.15) is 38.7 Å². The minimum atomic E-state index is -3.25. The van der Waals surface area contributed by atoms with Crippen LogP contribution in [0.2, 0.25) is 5.02 Å². The van der Waals surface area contributed by atoms with Crippen molar-refractivity contribution in [3.8, 4) is 0 Å². The van der Waals surface area contributed by atoms with Crippen LogP contribution in [0.3, 0.4) is 0 Å². The molecule has 3 nitrogen and oxygen atoms in total. The van der Waals surface area contributed by atoms with Crippen molar-refractivity contribution in [1.29, 1.82) is 0 Å². The van der Waals surface area contributed by atoms with Crippen LogP contribution in [0.15, 0.2) is 23.1 Å². The molecule has 3 atom stereocenters. The minimum absolute atomic E-state index is 0.333. The smallest absolute Gasteiger partial charge is 0.175 e. The quantitative estimate of drug-likeness (QED) is 0.917. The fraction of sp³-hybridized carbons (Fsp3) is 0.625.